The number of hydrogen-bond acceptors (Lipinski definition) is 1. The van der Waals surface area contributed by atoms with E-state index in [2.05, 4.69) is 20.9 Å². The average molecular weight is 337 g/mol. The lowest BCUT2D eigenvalue weighted by atomic mass is 10.1. The Balaban J connectivity index is 2.55. The fourth-order valence-electron chi connectivity index (χ4n) is 1.46. The molecule has 0 unspecified atom stereocenters. The van der Waals surface area contributed by atoms with Gasteiger partial charge in [-0.05, 0) is 24.3 Å². The number of hydrogen-bond donors (Lipinski definition) is 0. The fourth-order valence-corrected chi connectivity index (χ4v) is 2.06. The molecule has 94 valence electrons. The maximum absolute atomic E-state index is 12.6. The van der Waals surface area contributed by atoms with Crippen molar-refractivity contribution >= 4 is 27.5 Å². The van der Waals surface area contributed by atoms with Gasteiger partial charge in [-0.15, -0.1) is 0 Å². The summed E-state index contributed by atoms with van der Waals surface area (Å²) in [7, 11) is 0. The van der Waals surface area contributed by atoms with Gasteiger partial charge in [-0.25, -0.2) is 4.98 Å². The van der Waals surface area contributed by atoms with Gasteiger partial charge in [0.1, 0.15) is 5.15 Å². The Morgan fingerprint density at radius 1 is 1.11 bits per heavy atom. The van der Waals surface area contributed by atoms with Crippen molar-refractivity contribution in [2.75, 3.05) is 0 Å². The van der Waals surface area contributed by atoms with E-state index in [1.807, 2.05) is 0 Å². The second-order valence-corrected chi connectivity index (χ2v) is 4.87. The van der Waals surface area contributed by atoms with Crippen LogP contribution in [-0.2, 0) is 6.18 Å². The molecular formula is C12H6BrClF3N. The van der Waals surface area contributed by atoms with E-state index in [0.29, 0.717) is 5.56 Å². The van der Waals surface area contributed by atoms with E-state index in [-0.39, 0.29) is 10.8 Å². The molecule has 0 spiro atoms. The molecular weight excluding hydrogens is 330 g/mol. The largest absolute Gasteiger partial charge is 0.416 e. The van der Waals surface area contributed by atoms with Gasteiger partial charge in [0.2, 0.25) is 0 Å². The molecule has 0 amide bonds. The topological polar surface area (TPSA) is 12.9 Å². The van der Waals surface area contributed by atoms with Crippen LogP contribution in [0.1, 0.15) is 5.56 Å². The molecule has 2 aromatic rings. The predicted octanol–water partition coefficient (Wildman–Crippen LogP) is 5.18. The van der Waals surface area contributed by atoms with Crippen LogP contribution in [0.5, 0.6) is 0 Å². The first kappa shape index (κ1) is 13.4. The second-order valence-electron chi connectivity index (χ2n) is 3.57. The maximum Gasteiger partial charge on any atom is 0.416 e. The molecule has 1 aromatic carbocycles. The van der Waals surface area contributed by atoms with Crippen LogP contribution in [0.2, 0.25) is 5.15 Å². The molecule has 1 heterocycles. The van der Waals surface area contributed by atoms with Crippen LogP contribution < -0.4 is 0 Å². The third-order valence-electron chi connectivity index (χ3n) is 2.24. The van der Waals surface area contributed by atoms with Crippen molar-refractivity contribution in [1.82, 2.24) is 4.98 Å². The molecule has 0 N–H and O–H groups in total. The summed E-state index contributed by atoms with van der Waals surface area (Å²) in [5, 5.41) is -0.181. The molecule has 0 aliphatic rings. The van der Waals surface area contributed by atoms with E-state index in [1.165, 1.54) is 0 Å². The standard InChI is InChI=1S/C12H6BrClF3N/c13-9-3-1-2-7(4-9)10-5-8(12(15,16)17)6-11(14)18-10/h1-6H. The number of nitrogens with zero attached hydrogens (tertiary/aromatic N) is 1. The van der Waals surface area contributed by atoms with Gasteiger partial charge in [0.25, 0.3) is 0 Å². The van der Waals surface area contributed by atoms with Crippen molar-refractivity contribution < 1.29 is 13.2 Å². The van der Waals surface area contributed by atoms with E-state index in [4.69, 9.17) is 11.6 Å². The molecule has 0 saturated carbocycles. The summed E-state index contributed by atoms with van der Waals surface area (Å²) in [4.78, 5) is 3.90. The molecule has 1 nitrogen and oxygen atoms in total. The van der Waals surface area contributed by atoms with E-state index in [0.717, 1.165) is 16.6 Å². The van der Waals surface area contributed by atoms with Gasteiger partial charge in [0, 0.05) is 10.0 Å². The highest BCUT2D eigenvalue weighted by atomic mass is 79.9. The van der Waals surface area contributed by atoms with E-state index in [9.17, 15) is 13.2 Å². The molecule has 6 heteroatoms. The highest BCUT2D eigenvalue weighted by Gasteiger charge is 2.31. The number of alkyl halides is 3. The van der Waals surface area contributed by atoms with E-state index in [1.54, 1.807) is 24.3 Å². The zero-order valence-electron chi connectivity index (χ0n) is 8.80. The summed E-state index contributed by atoms with van der Waals surface area (Å²) in [5.74, 6) is 0. The smallest absolute Gasteiger partial charge is 0.236 e. The molecule has 18 heavy (non-hydrogen) atoms. The van der Waals surface area contributed by atoms with Crippen molar-refractivity contribution in [3.05, 3.63) is 51.6 Å². The van der Waals surface area contributed by atoms with E-state index < -0.39 is 11.7 Å². The van der Waals surface area contributed by atoms with Crippen molar-refractivity contribution in [3.8, 4) is 11.3 Å². The Hall–Kier alpha value is -1.07. The van der Waals surface area contributed by atoms with E-state index >= 15 is 0 Å². The molecule has 0 saturated heterocycles. The summed E-state index contributed by atoms with van der Waals surface area (Å²) in [6.45, 7) is 0. The van der Waals surface area contributed by atoms with Crippen molar-refractivity contribution in [2.45, 2.75) is 6.18 Å². The van der Waals surface area contributed by atoms with Crippen LogP contribution in [-0.4, -0.2) is 4.98 Å². The van der Waals surface area contributed by atoms with Crippen molar-refractivity contribution in [1.29, 1.82) is 0 Å². The molecule has 0 bridgehead atoms. The van der Waals surface area contributed by atoms with Gasteiger partial charge in [0.15, 0.2) is 0 Å². The summed E-state index contributed by atoms with van der Waals surface area (Å²) < 4.78 is 38.7. The molecule has 0 fully saturated rings. The van der Waals surface area contributed by atoms with Crippen LogP contribution in [0.4, 0.5) is 13.2 Å². The van der Waals surface area contributed by atoms with Gasteiger partial charge >= 0.3 is 6.18 Å². The molecule has 0 aliphatic heterocycles. The monoisotopic (exact) mass is 335 g/mol. The maximum atomic E-state index is 12.6. The van der Waals surface area contributed by atoms with Crippen LogP contribution >= 0.6 is 27.5 Å². The minimum atomic E-state index is -4.44. The normalized spacial score (nSPS) is 11.6. The minimum absolute atomic E-state index is 0.181. The first-order chi connectivity index (χ1) is 8.36. The van der Waals surface area contributed by atoms with Crippen LogP contribution in [0.3, 0.4) is 0 Å². The second kappa shape index (κ2) is 4.90. The first-order valence-electron chi connectivity index (χ1n) is 4.87. The predicted molar refractivity (Wildman–Crippen MR) is 67.4 cm³/mol. The number of pyridine rings is 1. The number of rotatable bonds is 1. The lowest BCUT2D eigenvalue weighted by Gasteiger charge is -2.09. The summed E-state index contributed by atoms with van der Waals surface area (Å²) in [6, 6.07) is 8.63. The van der Waals surface area contributed by atoms with Gasteiger partial charge in [-0.1, -0.05) is 39.7 Å². The third-order valence-corrected chi connectivity index (χ3v) is 2.93. The van der Waals surface area contributed by atoms with Crippen molar-refractivity contribution in [3.63, 3.8) is 0 Å². The highest BCUT2D eigenvalue weighted by molar-refractivity contribution is 9.10. The highest BCUT2D eigenvalue weighted by Crippen LogP contribution is 2.33. The molecule has 2 rings (SSSR count). The summed E-state index contributed by atoms with van der Waals surface area (Å²) in [5.41, 5.74) is -0.0500. The first-order valence-corrected chi connectivity index (χ1v) is 6.04. The lowest BCUT2D eigenvalue weighted by molar-refractivity contribution is -0.137. The van der Waals surface area contributed by atoms with Crippen LogP contribution in [0, 0.1) is 0 Å². The average Bonchev–Trinajstić information content (AvgIpc) is 2.27. The Kier molecular flexibility index (Phi) is 3.64. The number of benzene rings is 1. The molecule has 0 atom stereocenters. The van der Waals surface area contributed by atoms with Crippen molar-refractivity contribution in [2.24, 2.45) is 0 Å². The Morgan fingerprint density at radius 3 is 2.44 bits per heavy atom. The van der Waals surface area contributed by atoms with Gasteiger partial charge in [-0.3, -0.25) is 0 Å². The SMILES string of the molecule is FC(F)(F)c1cc(Cl)nc(-c2cccc(Br)c2)c1. The summed E-state index contributed by atoms with van der Waals surface area (Å²) in [6.07, 6.45) is -4.44. The molecule has 1 aromatic heterocycles. The fraction of sp³-hybridized carbons (Fsp3) is 0.0833. The van der Waals surface area contributed by atoms with Crippen LogP contribution in [0.25, 0.3) is 11.3 Å². The summed E-state index contributed by atoms with van der Waals surface area (Å²) >= 11 is 8.88. The zero-order valence-corrected chi connectivity index (χ0v) is 11.1. The van der Waals surface area contributed by atoms with Crippen LogP contribution in [0.15, 0.2) is 40.9 Å². The van der Waals surface area contributed by atoms with Gasteiger partial charge in [0.05, 0.1) is 11.3 Å². The number of halogens is 5. The minimum Gasteiger partial charge on any atom is -0.236 e. The third kappa shape index (κ3) is 3.03. The zero-order chi connectivity index (χ0) is 13.3. The lowest BCUT2D eigenvalue weighted by Crippen LogP contribution is -2.05. The quantitative estimate of drug-likeness (QED) is 0.654. The Morgan fingerprint density at radius 2 is 1.83 bits per heavy atom. The molecule has 0 aliphatic carbocycles. The Bertz CT molecular complexity index is 584. The van der Waals surface area contributed by atoms with Gasteiger partial charge < -0.3 is 0 Å². The Labute approximate surface area is 115 Å². The molecule has 0 radical (unpaired) electrons. The van der Waals surface area contributed by atoms with Gasteiger partial charge in [-0.2, -0.15) is 13.2 Å². The number of aromatic nitrogens is 1.